The standard InChI is InChI=1S/C11H15NO3/c13-9-7-11(10(14)15-9)3-5-12-4-1-2-8(12)6-11/h8H,1-7H2. The van der Waals surface area contributed by atoms with Gasteiger partial charge in [-0.3, -0.25) is 9.59 Å². The molecule has 3 rings (SSSR count). The minimum absolute atomic E-state index is 0.265. The molecule has 15 heavy (non-hydrogen) atoms. The molecule has 3 saturated heterocycles. The maximum absolute atomic E-state index is 11.7. The molecule has 0 aromatic carbocycles. The van der Waals surface area contributed by atoms with Crippen molar-refractivity contribution in [1.29, 1.82) is 0 Å². The van der Waals surface area contributed by atoms with Gasteiger partial charge >= 0.3 is 11.9 Å². The molecule has 0 radical (unpaired) electrons. The molecule has 4 nitrogen and oxygen atoms in total. The van der Waals surface area contributed by atoms with Crippen LogP contribution in [0.4, 0.5) is 0 Å². The van der Waals surface area contributed by atoms with E-state index in [-0.39, 0.29) is 11.9 Å². The van der Waals surface area contributed by atoms with Gasteiger partial charge in [-0.25, -0.2) is 0 Å². The first kappa shape index (κ1) is 9.33. The van der Waals surface area contributed by atoms with Gasteiger partial charge in [0, 0.05) is 6.04 Å². The molecule has 1 spiro atoms. The Kier molecular flexibility index (Phi) is 1.89. The number of carbonyl (C=O) groups excluding carboxylic acids is 2. The van der Waals surface area contributed by atoms with Gasteiger partial charge in [-0.1, -0.05) is 0 Å². The normalized spacial score (nSPS) is 40.9. The van der Waals surface area contributed by atoms with Crippen LogP contribution in [0.2, 0.25) is 0 Å². The van der Waals surface area contributed by atoms with Gasteiger partial charge in [0.1, 0.15) is 0 Å². The fraction of sp³-hybridized carbons (Fsp3) is 0.818. The third kappa shape index (κ3) is 1.31. The number of carbonyl (C=O) groups is 2. The Labute approximate surface area is 88.6 Å². The van der Waals surface area contributed by atoms with Crippen LogP contribution < -0.4 is 0 Å². The highest BCUT2D eigenvalue weighted by Crippen LogP contribution is 2.45. The second kappa shape index (κ2) is 3.04. The molecule has 0 aromatic heterocycles. The Balaban J connectivity index is 1.83. The van der Waals surface area contributed by atoms with Gasteiger partial charge in [0.05, 0.1) is 11.8 Å². The molecule has 3 fully saturated rings. The van der Waals surface area contributed by atoms with E-state index < -0.39 is 5.41 Å². The van der Waals surface area contributed by atoms with Gasteiger partial charge in [-0.05, 0) is 38.8 Å². The number of hydrogen-bond donors (Lipinski definition) is 0. The van der Waals surface area contributed by atoms with Crippen molar-refractivity contribution >= 4 is 11.9 Å². The molecule has 2 unspecified atom stereocenters. The van der Waals surface area contributed by atoms with Gasteiger partial charge in [0.2, 0.25) is 0 Å². The first-order chi connectivity index (χ1) is 7.20. The van der Waals surface area contributed by atoms with E-state index in [1.807, 2.05) is 0 Å². The highest BCUT2D eigenvalue weighted by Gasteiger charge is 2.53. The van der Waals surface area contributed by atoms with Crippen LogP contribution in [-0.2, 0) is 14.3 Å². The first-order valence-electron chi connectivity index (χ1n) is 5.69. The van der Waals surface area contributed by atoms with Gasteiger partial charge in [0.15, 0.2) is 0 Å². The number of esters is 2. The average Bonchev–Trinajstić information content (AvgIpc) is 2.72. The summed E-state index contributed by atoms with van der Waals surface area (Å²) in [5.74, 6) is -0.592. The number of fused-ring (bicyclic) bond motifs is 1. The lowest BCUT2D eigenvalue weighted by Gasteiger charge is -2.38. The fourth-order valence-corrected chi connectivity index (χ4v) is 3.27. The molecule has 3 heterocycles. The van der Waals surface area contributed by atoms with Gasteiger partial charge in [-0.2, -0.15) is 0 Å². The summed E-state index contributed by atoms with van der Waals surface area (Å²) in [5, 5.41) is 0. The van der Waals surface area contributed by atoms with Gasteiger partial charge in [-0.15, -0.1) is 0 Å². The maximum atomic E-state index is 11.7. The lowest BCUT2D eigenvalue weighted by molar-refractivity contribution is -0.156. The minimum atomic E-state index is -0.456. The molecule has 82 valence electrons. The molecular formula is C11H15NO3. The molecule has 3 aliphatic heterocycles. The van der Waals surface area contributed by atoms with Crippen molar-refractivity contribution in [2.45, 2.75) is 38.1 Å². The highest BCUT2D eigenvalue weighted by atomic mass is 16.6. The molecule has 2 atom stereocenters. The zero-order valence-corrected chi connectivity index (χ0v) is 8.70. The van der Waals surface area contributed by atoms with Crippen LogP contribution in [0.5, 0.6) is 0 Å². The van der Waals surface area contributed by atoms with Crippen molar-refractivity contribution < 1.29 is 14.3 Å². The number of rotatable bonds is 0. The summed E-state index contributed by atoms with van der Waals surface area (Å²) in [7, 11) is 0. The Morgan fingerprint density at radius 2 is 2.20 bits per heavy atom. The third-order valence-corrected chi connectivity index (χ3v) is 4.13. The summed E-state index contributed by atoms with van der Waals surface area (Å²) in [6, 6.07) is 0.511. The molecule has 0 aromatic rings. The second-order valence-corrected chi connectivity index (χ2v) is 5.00. The summed E-state index contributed by atoms with van der Waals surface area (Å²) in [5.41, 5.74) is -0.456. The lowest BCUT2D eigenvalue weighted by Crippen LogP contribution is -2.45. The van der Waals surface area contributed by atoms with Crippen LogP contribution in [0.15, 0.2) is 0 Å². The van der Waals surface area contributed by atoms with E-state index in [2.05, 4.69) is 4.90 Å². The Morgan fingerprint density at radius 1 is 1.33 bits per heavy atom. The van der Waals surface area contributed by atoms with E-state index in [0.717, 1.165) is 25.9 Å². The van der Waals surface area contributed by atoms with Crippen LogP contribution in [0, 0.1) is 5.41 Å². The number of piperidine rings is 1. The van der Waals surface area contributed by atoms with Gasteiger partial charge < -0.3 is 9.64 Å². The molecule has 0 amide bonds. The van der Waals surface area contributed by atoms with Crippen LogP contribution in [0.3, 0.4) is 0 Å². The monoisotopic (exact) mass is 209 g/mol. The Morgan fingerprint density at radius 3 is 2.93 bits per heavy atom. The Hall–Kier alpha value is -0.900. The van der Waals surface area contributed by atoms with Crippen LogP contribution in [-0.4, -0.2) is 36.0 Å². The number of cyclic esters (lactones) is 2. The van der Waals surface area contributed by atoms with Crippen LogP contribution >= 0.6 is 0 Å². The van der Waals surface area contributed by atoms with E-state index in [1.54, 1.807) is 0 Å². The SMILES string of the molecule is O=C1CC2(CCN3CCCC3C2)C(=O)O1. The maximum Gasteiger partial charge on any atom is 0.320 e. The smallest absolute Gasteiger partial charge is 0.320 e. The quantitative estimate of drug-likeness (QED) is 0.435. The average molecular weight is 209 g/mol. The zero-order chi connectivity index (χ0) is 10.5. The molecule has 0 N–H and O–H groups in total. The van der Waals surface area contributed by atoms with Crippen molar-refractivity contribution in [3.8, 4) is 0 Å². The largest absolute Gasteiger partial charge is 0.393 e. The van der Waals surface area contributed by atoms with Crippen molar-refractivity contribution in [3.63, 3.8) is 0 Å². The predicted molar refractivity (Wildman–Crippen MR) is 52.0 cm³/mol. The summed E-state index contributed by atoms with van der Waals surface area (Å²) in [6.45, 7) is 2.11. The van der Waals surface area contributed by atoms with E-state index >= 15 is 0 Å². The highest BCUT2D eigenvalue weighted by molar-refractivity contribution is 5.97. The molecule has 3 aliphatic rings. The van der Waals surface area contributed by atoms with Crippen LogP contribution in [0.1, 0.15) is 32.1 Å². The topological polar surface area (TPSA) is 46.6 Å². The van der Waals surface area contributed by atoms with Gasteiger partial charge in [0.25, 0.3) is 0 Å². The molecule has 4 heteroatoms. The fourth-order valence-electron chi connectivity index (χ4n) is 3.27. The first-order valence-corrected chi connectivity index (χ1v) is 5.69. The van der Waals surface area contributed by atoms with Crippen molar-refractivity contribution in [3.05, 3.63) is 0 Å². The zero-order valence-electron chi connectivity index (χ0n) is 8.70. The molecule has 0 saturated carbocycles. The second-order valence-electron chi connectivity index (χ2n) is 5.00. The predicted octanol–water partition coefficient (Wildman–Crippen LogP) is 0.705. The van der Waals surface area contributed by atoms with E-state index in [4.69, 9.17) is 4.74 Å². The minimum Gasteiger partial charge on any atom is -0.393 e. The van der Waals surface area contributed by atoms with Crippen LogP contribution in [0.25, 0.3) is 0 Å². The number of hydrogen-bond acceptors (Lipinski definition) is 4. The molecule has 0 bridgehead atoms. The van der Waals surface area contributed by atoms with E-state index in [0.29, 0.717) is 12.5 Å². The number of ether oxygens (including phenoxy) is 1. The summed E-state index contributed by atoms with van der Waals surface area (Å²) in [4.78, 5) is 25.3. The van der Waals surface area contributed by atoms with Crippen molar-refractivity contribution in [1.82, 2.24) is 4.90 Å². The molecule has 0 aliphatic carbocycles. The summed E-state index contributed by atoms with van der Waals surface area (Å²) in [6.07, 6.45) is 4.34. The van der Waals surface area contributed by atoms with E-state index in [9.17, 15) is 9.59 Å². The van der Waals surface area contributed by atoms with Crippen molar-refractivity contribution in [2.24, 2.45) is 5.41 Å². The Bertz CT molecular complexity index is 328. The lowest BCUT2D eigenvalue weighted by atomic mass is 9.74. The summed E-state index contributed by atoms with van der Waals surface area (Å²) >= 11 is 0. The van der Waals surface area contributed by atoms with E-state index in [1.165, 1.54) is 12.8 Å². The van der Waals surface area contributed by atoms with Crippen molar-refractivity contribution in [2.75, 3.05) is 13.1 Å². The summed E-state index contributed by atoms with van der Waals surface area (Å²) < 4.78 is 4.71. The third-order valence-electron chi connectivity index (χ3n) is 4.13. The number of nitrogens with zero attached hydrogens (tertiary/aromatic N) is 1. The molecular weight excluding hydrogens is 194 g/mol.